The smallest absolute Gasteiger partial charge is 0.251 e. The molecule has 0 unspecified atom stereocenters. The van der Waals surface area contributed by atoms with E-state index >= 15 is 0 Å². The van der Waals surface area contributed by atoms with E-state index < -0.39 is 0 Å². The monoisotopic (exact) mass is 377 g/mol. The highest BCUT2D eigenvalue weighted by molar-refractivity contribution is 5.94. The summed E-state index contributed by atoms with van der Waals surface area (Å²) < 4.78 is 2.17. The van der Waals surface area contributed by atoms with Crippen LogP contribution in [0.4, 0.5) is 0 Å². The molecule has 0 spiro atoms. The van der Waals surface area contributed by atoms with Crippen molar-refractivity contribution in [2.24, 2.45) is 13.0 Å². The molecule has 2 heterocycles. The summed E-state index contributed by atoms with van der Waals surface area (Å²) in [6.07, 6.45) is 3.07. The quantitative estimate of drug-likeness (QED) is 0.719. The Balaban J connectivity index is 1.48. The second-order valence-corrected chi connectivity index (χ2v) is 7.69. The lowest BCUT2D eigenvalue weighted by molar-refractivity contribution is 0.0731. The predicted molar refractivity (Wildman–Crippen MR) is 111 cm³/mol. The van der Waals surface area contributed by atoms with Crippen LogP contribution in [0.5, 0.6) is 0 Å². The first-order valence-corrected chi connectivity index (χ1v) is 9.88. The number of para-hydroxylation sites is 1. The molecule has 0 saturated carbocycles. The van der Waals surface area contributed by atoms with Gasteiger partial charge in [0, 0.05) is 61.4 Å². The molecule has 3 aromatic rings. The van der Waals surface area contributed by atoms with Crippen LogP contribution in [0.1, 0.15) is 22.3 Å². The van der Waals surface area contributed by atoms with Crippen LogP contribution in [-0.4, -0.2) is 46.2 Å². The molecule has 1 aliphatic rings. The van der Waals surface area contributed by atoms with E-state index in [4.69, 9.17) is 0 Å². The van der Waals surface area contributed by atoms with Crippen LogP contribution in [0.15, 0.2) is 60.8 Å². The Morgan fingerprint density at radius 1 is 1.14 bits per heavy atom. The molecule has 1 aromatic heterocycles. The third-order valence-electron chi connectivity index (χ3n) is 5.80. The molecule has 1 saturated heterocycles. The van der Waals surface area contributed by atoms with E-state index in [1.165, 1.54) is 16.5 Å². The van der Waals surface area contributed by atoms with E-state index in [1.54, 1.807) is 0 Å². The number of hydrogen-bond acceptors (Lipinski definition) is 3. The van der Waals surface area contributed by atoms with Gasteiger partial charge in [-0.3, -0.25) is 9.69 Å². The highest BCUT2D eigenvalue weighted by Gasteiger charge is 2.30. The summed E-state index contributed by atoms with van der Waals surface area (Å²) in [5.74, 6) is 0.0208. The van der Waals surface area contributed by atoms with E-state index in [0.717, 1.165) is 26.1 Å². The number of nitrogens with zero attached hydrogens (tertiary/aromatic N) is 2. The van der Waals surface area contributed by atoms with Gasteiger partial charge in [0.05, 0.1) is 0 Å². The summed E-state index contributed by atoms with van der Waals surface area (Å²) in [5.41, 5.74) is 3.19. The van der Waals surface area contributed by atoms with Crippen LogP contribution in [0.25, 0.3) is 10.9 Å². The minimum atomic E-state index is -0.0731. The van der Waals surface area contributed by atoms with Gasteiger partial charge in [-0.2, -0.15) is 0 Å². The molecule has 2 N–H and O–H groups in total. The first-order valence-electron chi connectivity index (χ1n) is 9.88. The molecule has 1 aliphatic heterocycles. The molecule has 4 rings (SSSR count). The van der Waals surface area contributed by atoms with Crippen LogP contribution in [0.2, 0.25) is 0 Å². The first-order chi connectivity index (χ1) is 13.7. The molecule has 1 fully saturated rings. The topological polar surface area (TPSA) is 57.5 Å². The van der Waals surface area contributed by atoms with Gasteiger partial charge in [0.25, 0.3) is 5.91 Å². The molecule has 1 amide bonds. The van der Waals surface area contributed by atoms with Gasteiger partial charge < -0.3 is 15.0 Å². The highest BCUT2D eigenvalue weighted by Crippen LogP contribution is 2.25. The van der Waals surface area contributed by atoms with E-state index in [9.17, 15) is 9.90 Å². The molecule has 2 aromatic carbocycles. The maximum atomic E-state index is 12.6. The zero-order valence-corrected chi connectivity index (χ0v) is 16.2. The summed E-state index contributed by atoms with van der Waals surface area (Å²) in [5, 5.41) is 14.2. The number of benzene rings is 2. The van der Waals surface area contributed by atoms with Crippen molar-refractivity contribution in [3.8, 4) is 0 Å². The predicted octanol–water partition coefficient (Wildman–Crippen LogP) is 2.79. The molecular formula is C23H27N3O2. The number of aliphatic hydroxyl groups is 1. The maximum Gasteiger partial charge on any atom is 0.251 e. The standard InChI is InChI=1S/C23H27N3O2/c1-25-13-19(20-9-5-6-10-22(20)25)14-26-12-11-18(16-27)21(15-26)24-23(28)17-7-3-2-4-8-17/h2-10,13,18,21,27H,11-12,14-16H2,1H3,(H,24,28)/t18-,21-/m1/s1. The first kappa shape index (κ1) is 18.7. The molecule has 5 heteroatoms. The van der Waals surface area contributed by atoms with Gasteiger partial charge in [-0.25, -0.2) is 0 Å². The number of aliphatic hydroxyl groups excluding tert-OH is 1. The zero-order valence-electron chi connectivity index (χ0n) is 16.2. The summed E-state index contributed by atoms with van der Waals surface area (Å²) >= 11 is 0. The molecule has 0 aliphatic carbocycles. The van der Waals surface area contributed by atoms with E-state index in [0.29, 0.717) is 5.56 Å². The molecule has 0 radical (unpaired) electrons. The van der Waals surface area contributed by atoms with Gasteiger partial charge in [-0.15, -0.1) is 0 Å². The minimum absolute atomic E-state index is 0.0542. The van der Waals surface area contributed by atoms with Crippen LogP contribution in [0, 0.1) is 5.92 Å². The number of hydrogen-bond donors (Lipinski definition) is 2. The average Bonchev–Trinajstić information content (AvgIpc) is 3.04. The lowest BCUT2D eigenvalue weighted by Crippen LogP contribution is -2.53. The number of aryl methyl sites for hydroxylation is 1. The molecule has 146 valence electrons. The summed E-state index contributed by atoms with van der Waals surface area (Å²) in [6.45, 7) is 2.61. The Bertz CT molecular complexity index is 951. The fraction of sp³-hybridized carbons (Fsp3) is 0.348. The number of aromatic nitrogens is 1. The number of nitrogens with one attached hydrogen (secondary N) is 1. The summed E-state index contributed by atoms with van der Waals surface area (Å²) in [7, 11) is 2.08. The third kappa shape index (κ3) is 3.81. The lowest BCUT2D eigenvalue weighted by Gasteiger charge is -2.38. The Hall–Kier alpha value is -2.63. The molecule has 28 heavy (non-hydrogen) atoms. The number of amides is 1. The normalized spacial score (nSPS) is 20.4. The third-order valence-corrected chi connectivity index (χ3v) is 5.80. The fourth-order valence-corrected chi connectivity index (χ4v) is 4.23. The molecule has 0 bridgehead atoms. The van der Waals surface area contributed by atoms with Crippen molar-refractivity contribution >= 4 is 16.8 Å². The van der Waals surface area contributed by atoms with Crippen molar-refractivity contribution in [1.82, 2.24) is 14.8 Å². The summed E-state index contributed by atoms with van der Waals surface area (Å²) in [6, 6.07) is 17.7. The van der Waals surface area contributed by atoms with E-state index in [-0.39, 0.29) is 24.5 Å². The van der Waals surface area contributed by atoms with Gasteiger partial charge in [0.2, 0.25) is 0 Å². The molecular weight excluding hydrogens is 350 g/mol. The second kappa shape index (κ2) is 8.17. The van der Waals surface area contributed by atoms with Gasteiger partial charge in [0.15, 0.2) is 0 Å². The van der Waals surface area contributed by atoms with Gasteiger partial charge in [-0.05, 0) is 36.7 Å². The van der Waals surface area contributed by atoms with Crippen LogP contribution in [-0.2, 0) is 13.6 Å². The second-order valence-electron chi connectivity index (χ2n) is 7.69. The number of piperidine rings is 1. The number of carbonyl (C=O) groups is 1. The summed E-state index contributed by atoms with van der Waals surface area (Å²) in [4.78, 5) is 15.0. The fourth-order valence-electron chi connectivity index (χ4n) is 4.23. The molecule has 2 atom stereocenters. The van der Waals surface area contributed by atoms with Crippen molar-refractivity contribution in [3.05, 3.63) is 71.9 Å². The number of rotatable bonds is 5. The average molecular weight is 377 g/mol. The lowest BCUT2D eigenvalue weighted by atomic mass is 9.91. The molecule has 5 nitrogen and oxygen atoms in total. The number of fused-ring (bicyclic) bond motifs is 1. The number of likely N-dealkylation sites (tertiary alicyclic amines) is 1. The van der Waals surface area contributed by atoms with Gasteiger partial charge >= 0.3 is 0 Å². The van der Waals surface area contributed by atoms with Gasteiger partial charge in [-0.1, -0.05) is 36.4 Å². The Morgan fingerprint density at radius 2 is 1.89 bits per heavy atom. The maximum absolute atomic E-state index is 12.6. The van der Waals surface area contributed by atoms with Gasteiger partial charge in [0.1, 0.15) is 0 Å². The van der Waals surface area contributed by atoms with Crippen molar-refractivity contribution in [1.29, 1.82) is 0 Å². The minimum Gasteiger partial charge on any atom is -0.396 e. The van der Waals surface area contributed by atoms with Crippen LogP contribution < -0.4 is 5.32 Å². The Morgan fingerprint density at radius 3 is 2.68 bits per heavy atom. The van der Waals surface area contributed by atoms with Crippen molar-refractivity contribution in [3.63, 3.8) is 0 Å². The van der Waals surface area contributed by atoms with E-state index in [2.05, 4.69) is 52.3 Å². The largest absolute Gasteiger partial charge is 0.396 e. The van der Waals surface area contributed by atoms with E-state index in [1.807, 2.05) is 30.3 Å². The van der Waals surface area contributed by atoms with Crippen molar-refractivity contribution < 1.29 is 9.90 Å². The number of carbonyl (C=O) groups excluding carboxylic acids is 1. The SMILES string of the molecule is Cn1cc(CN2CC[C@H](CO)[C@H](NC(=O)c3ccccc3)C2)c2ccccc21. The van der Waals surface area contributed by atoms with Crippen molar-refractivity contribution in [2.75, 3.05) is 19.7 Å². The zero-order chi connectivity index (χ0) is 19.5. The van der Waals surface area contributed by atoms with Crippen LogP contribution >= 0.6 is 0 Å². The van der Waals surface area contributed by atoms with Crippen molar-refractivity contribution in [2.45, 2.75) is 19.0 Å². The highest BCUT2D eigenvalue weighted by atomic mass is 16.3. The Labute approximate surface area is 165 Å². The Kier molecular flexibility index (Phi) is 5.46. The van der Waals surface area contributed by atoms with Crippen LogP contribution in [0.3, 0.4) is 0 Å².